The van der Waals surface area contributed by atoms with E-state index in [1.807, 2.05) is 43.5 Å². The Morgan fingerprint density at radius 3 is 2.74 bits per heavy atom. The number of likely N-dealkylation sites (N-methyl/N-ethyl adjacent to an activating group) is 1. The summed E-state index contributed by atoms with van der Waals surface area (Å²) in [7, 11) is 3.88. The summed E-state index contributed by atoms with van der Waals surface area (Å²) in [6.07, 6.45) is 5.56. The largest absolute Gasteiger partial charge is 0.378 e. The lowest BCUT2D eigenvalue weighted by molar-refractivity contribution is 0.122. The summed E-state index contributed by atoms with van der Waals surface area (Å²) in [6.45, 7) is 3.64. The number of hydrogen-bond donors (Lipinski definition) is 1. The number of anilines is 1. The maximum absolute atomic E-state index is 13.9. The Labute approximate surface area is 197 Å². The molecule has 1 aliphatic rings. The van der Waals surface area contributed by atoms with Crippen molar-refractivity contribution in [1.82, 2.24) is 19.4 Å². The Hall–Kier alpha value is -3.49. The number of rotatable bonds is 6. The molecule has 0 saturated carbocycles. The van der Waals surface area contributed by atoms with Crippen molar-refractivity contribution in [2.24, 2.45) is 0 Å². The fourth-order valence-electron chi connectivity index (χ4n) is 4.55. The molecule has 1 N–H and O–H groups in total. The van der Waals surface area contributed by atoms with Gasteiger partial charge in [-0.1, -0.05) is 12.1 Å². The first-order valence-corrected chi connectivity index (χ1v) is 11.4. The maximum atomic E-state index is 13.9. The van der Waals surface area contributed by atoms with E-state index in [-0.39, 0.29) is 17.4 Å². The molecule has 0 aliphatic carbocycles. The number of ether oxygens (including phenoxy) is 1. The van der Waals surface area contributed by atoms with E-state index in [0.29, 0.717) is 19.8 Å². The fourth-order valence-corrected chi connectivity index (χ4v) is 4.55. The van der Waals surface area contributed by atoms with Gasteiger partial charge in [0.15, 0.2) is 0 Å². The first-order chi connectivity index (χ1) is 16.5. The summed E-state index contributed by atoms with van der Waals surface area (Å²) < 4.78 is 21.1. The van der Waals surface area contributed by atoms with Crippen LogP contribution in [0.4, 0.5) is 10.1 Å². The lowest BCUT2D eigenvalue weighted by atomic mass is 10.0. The zero-order valence-electron chi connectivity index (χ0n) is 19.4. The summed E-state index contributed by atoms with van der Waals surface area (Å²) in [5.74, 6) is -0.312. The van der Waals surface area contributed by atoms with Crippen LogP contribution in [0.15, 0.2) is 65.8 Å². The summed E-state index contributed by atoms with van der Waals surface area (Å²) in [4.78, 5) is 25.3. The van der Waals surface area contributed by atoms with Gasteiger partial charge in [-0.25, -0.2) is 9.37 Å². The molecule has 0 spiro atoms. The van der Waals surface area contributed by atoms with E-state index in [1.54, 1.807) is 22.9 Å². The van der Waals surface area contributed by atoms with E-state index in [0.717, 1.165) is 46.5 Å². The number of halogens is 1. The minimum atomic E-state index is -0.312. The highest BCUT2D eigenvalue weighted by Crippen LogP contribution is 2.30. The molecule has 4 aromatic rings. The molecule has 0 bridgehead atoms. The van der Waals surface area contributed by atoms with Crippen molar-refractivity contribution in [3.8, 4) is 11.1 Å². The van der Waals surface area contributed by atoms with E-state index in [1.165, 1.54) is 12.1 Å². The number of nitrogens with zero attached hydrogens (tertiary/aromatic N) is 4. The van der Waals surface area contributed by atoms with E-state index in [2.05, 4.69) is 20.9 Å². The number of hydrogen-bond acceptors (Lipinski definition) is 5. The number of fused-ring (bicyclic) bond motifs is 1. The van der Waals surface area contributed by atoms with Gasteiger partial charge in [-0.3, -0.25) is 4.79 Å². The third-order valence-corrected chi connectivity index (χ3v) is 6.26. The van der Waals surface area contributed by atoms with Gasteiger partial charge in [-0.2, -0.15) is 0 Å². The third-order valence-electron chi connectivity index (χ3n) is 6.26. The molecule has 1 atom stereocenters. The predicted molar refractivity (Wildman–Crippen MR) is 132 cm³/mol. The number of pyridine rings is 2. The van der Waals surface area contributed by atoms with Gasteiger partial charge in [0.1, 0.15) is 11.5 Å². The molecular weight excluding hydrogens is 433 g/mol. The average Bonchev–Trinajstić information content (AvgIpc) is 3.26. The lowest BCUT2D eigenvalue weighted by Crippen LogP contribution is -2.36. The number of aromatic nitrogens is 3. The first-order valence-electron chi connectivity index (χ1n) is 11.4. The highest BCUT2D eigenvalue weighted by atomic mass is 19.1. The quantitative estimate of drug-likeness (QED) is 0.476. The van der Waals surface area contributed by atoms with Crippen LogP contribution >= 0.6 is 0 Å². The van der Waals surface area contributed by atoms with Crippen LogP contribution in [0.5, 0.6) is 0 Å². The van der Waals surface area contributed by atoms with Crippen molar-refractivity contribution in [3.05, 3.63) is 82.8 Å². The second-order valence-corrected chi connectivity index (χ2v) is 8.89. The second-order valence-electron chi connectivity index (χ2n) is 8.89. The Morgan fingerprint density at radius 2 is 2.00 bits per heavy atom. The number of aromatic amines is 1. The van der Waals surface area contributed by atoms with Crippen LogP contribution in [0.25, 0.3) is 22.2 Å². The Bertz CT molecular complexity index is 1360. The molecular formula is C26H28FN5O2. The normalized spacial score (nSPS) is 15.2. The highest BCUT2D eigenvalue weighted by molar-refractivity contribution is 5.95. The van der Waals surface area contributed by atoms with Gasteiger partial charge in [-0.15, -0.1) is 0 Å². The first kappa shape index (κ1) is 22.3. The van der Waals surface area contributed by atoms with Crippen LogP contribution in [-0.2, 0) is 4.74 Å². The van der Waals surface area contributed by atoms with Crippen LogP contribution in [-0.4, -0.2) is 66.4 Å². The number of benzene rings is 1. The average molecular weight is 462 g/mol. The van der Waals surface area contributed by atoms with Gasteiger partial charge in [0.05, 0.1) is 31.1 Å². The summed E-state index contributed by atoms with van der Waals surface area (Å²) in [6, 6.07) is 11.8. The molecule has 34 heavy (non-hydrogen) atoms. The molecule has 7 nitrogen and oxygen atoms in total. The summed E-state index contributed by atoms with van der Waals surface area (Å²) >= 11 is 0. The summed E-state index contributed by atoms with van der Waals surface area (Å²) in [5.41, 5.74) is 4.19. The van der Waals surface area contributed by atoms with Crippen LogP contribution in [0.2, 0.25) is 0 Å². The van der Waals surface area contributed by atoms with Gasteiger partial charge in [0.25, 0.3) is 5.56 Å². The predicted octanol–water partition coefficient (Wildman–Crippen LogP) is 3.52. The molecule has 5 rings (SSSR count). The lowest BCUT2D eigenvalue weighted by Gasteiger charge is -2.28. The van der Waals surface area contributed by atoms with E-state index >= 15 is 0 Å². The van der Waals surface area contributed by atoms with Crippen LogP contribution in [0.1, 0.15) is 11.6 Å². The van der Waals surface area contributed by atoms with Gasteiger partial charge in [0, 0.05) is 49.0 Å². The zero-order chi connectivity index (χ0) is 23.7. The monoisotopic (exact) mass is 461 g/mol. The highest BCUT2D eigenvalue weighted by Gasteiger charge is 2.19. The molecule has 3 aromatic heterocycles. The topological polar surface area (TPSA) is 66.4 Å². The van der Waals surface area contributed by atoms with Gasteiger partial charge in [-0.05, 0) is 49.5 Å². The van der Waals surface area contributed by atoms with Gasteiger partial charge < -0.3 is 24.1 Å². The molecule has 0 amide bonds. The van der Waals surface area contributed by atoms with Crippen molar-refractivity contribution in [3.63, 3.8) is 0 Å². The van der Waals surface area contributed by atoms with Crippen molar-refractivity contribution >= 4 is 16.7 Å². The number of morpholine rings is 1. The van der Waals surface area contributed by atoms with E-state index < -0.39 is 0 Å². The molecule has 0 radical (unpaired) electrons. The number of nitrogens with one attached hydrogen (secondary N) is 1. The van der Waals surface area contributed by atoms with Crippen molar-refractivity contribution in [1.29, 1.82) is 0 Å². The molecule has 1 aliphatic heterocycles. The smallest absolute Gasteiger partial charge is 0.251 e. The number of H-pyrrole nitrogens is 1. The fraction of sp³-hybridized carbons (Fsp3) is 0.308. The van der Waals surface area contributed by atoms with Crippen molar-refractivity contribution in [2.45, 2.75) is 6.04 Å². The van der Waals surface area contributed by atoms with Crippen LogP contribution in [0.3, 0.4) is 0 Å². The molecule has 1 saturated heterocycles. The molecule has 176 valence electrons. The van der Waals surface area contributed by atoms with Crippen molar-refractivity contribution in [2.75, 3.05) is 51.8 Å². The minimum absolute atomic E-state index is 0.139. The maximum Gasteiger partial charge on any atom is 0.251 e. The van der Waals surface area contributed by atoms with Crippen LogP contribution < -0.4 is 10.5 Å². The SMILES string of the molecule is CN(C)C[C@H](c1cccc(F)c1)n1ccc(-c2c[nH]c3ncc(N4CCOCC4)cc23)cc1=O. The molecule has 1 fully saturated rings. The Morgan fingerprint density at radius 1 is 1.18 bits per heavy atom. The summed E-state index contributed by atoms with van der Waals surface area (Å²) in [5, 5.41) is 0.969. The molecule has 1 aromatic carbocycles. The molecule has 8 heteroatoms. The van der Waals surface area contributed by atoms with E-state index in [9.17, 15) is 9.18 Å². The molecule has 0 unspecified atom stereocenters. The zero-order valence-corrected chi connectivity index (χ0v) is 19.4. The standard InChI is InChI=1S/C26H28FN5O2/c1-30(2)17-24(19-4-3-5-20(27)12-19)32-7-6-18(13-25(32)33)23-16-29-26-22(23)14-21(15-28-26)31-8-10-34-11-9-31/h3-7,12-16,24H,8-11,17H2,1-2H3,(H,28,29)/t24-/m1/s1. The Balaban J connectivity index is 1.52. The van der Waals surface area contributed by atoms with Crippen molar-refractivity contribution < 1.29 is 9.13 Å². The molecule has 4 heterocycles. The Kier molecular flexibility index (Phi) is 6.17. The van der Waals surface area contributed by atoms with Gasteiger partial charge in [0.2, 0.25) is 0 Å². The minimum Gasteiger partial charge on any atom is -0.378 e. The van der Waals surface area contributed by atoms with Gasteiger partial charge >= 0.3 is 0 Å². The third kappa shape index (κ3) is 4.47. The van der Waals surface area contributed by atoms with E-state index in [4.69, 9.17) is 4.74 Å². The second kappa shape index (κ2) is 9.40. The van der Waals surface area contributed by atoms with Crippen LogP contribution in [0, 0.1) is 5.82 Å².